The Morgan fingerprint density at radius 2 is 2.35 bits per heavy atom. The van der Waals surface area contributed by atoms with E-state index >= 15 is 0 Å². The number of aromatic nitrogens is 1. The Kier molecular flexibility index (Phi) is 4.19. The molecule has 106 valence electrons. The molecule has 0 fully saturated rings. The number of carboxylic acids is 1. The number of carboxylic acid groups (broad SMARTS) is 1. The van der Waals surface area contributed by atoms with Crippen molar-refractivity contribution < 1.29 is 14.3 Å². The van der Waals surface area contributed by atoms with Gasteiger partial charge in [0.05, 0.1) is 23.0 Å². The number of carbonyl (C=O) groups is 1. The summed E-state index contributed by atoms with van der Waals surface area (Å²) < 4.78 is 13.7. The predicted molar refractivity (Wildman–Crippen MR) is 76.5 cm³/mol. The van der Waals surface area contributed by atoms with Gasteiger partial charge in [0.15, 0.2) is 0 Å². The van der Waals surface area contributed by atoms with E-state index in [-0.39, 0.29) is 11.7 Å². The molecule has 5 nitrogen and oxygen atoms in total. The van der Waals surface area contributed by atoms with E-state index in [4.69, 9.17) is 10.8 Å². The maximum absolute atomic E-state index is 13.7. The van der Waals surface area contributed by atoms with Gasteiger partial charge in [-0.15, -0.1) is 11.3 Å². The van der Waals surface area contributed by atoms with E-state index in [9.17, 15) is 9.18 Å². The zero-order valence-corrected chi connectivity index (χ0v) is 11.6. The molecule has 0 bridgehead atoms. The summed E-state index contributed by atoms with van der Waals surface area (Å²) in [5.74, 6) is -2.16. The van der Waals surface area contributed by atoms with Gasteiger partial charge in [0.2, 0.25) is 0 Å². The predicted octanol–water partition coefficient (Wildman–Crippen LogP) is 3.13. The number of hydrogen-bond donors (Lipinski definition) is 3. The van der Waals surface area contributed by atoms with Crippen molar-refractivity contribution in [3.05, 3.63) is 40.1 Å². The summed E-state index contributed by atoms with van der Waals surface area (Å²) >= 11 is 1.49. The van der Waals surface area contributed by atoms with Crippen molar-refractivity contribution in [3.63, 3.8) is 0 Å². The normalized spacial score (nSPS) is 12.1. The minimum atomic E-state index is -1.34. The Morgan fingerprint density at radius 1 is 1.60 bits per heavy atom. The Hall–Kier alpha value is -2.15. The summed E-state index contributed by atoms with van der Waals surface area (Å²) in [5, 5.41) is 14.7. The van der Waals surface area contributed by atoms with Gasteiger partial charge in [0.1, 0.15) is 10.8 Å². The first-order chi connectivity index (χ1) is 9.52. The fraction of sp³-hybridized carbons (Fsp3) is 0.231. The first-order valence-corrected chi connectivity index (χ1v) is 6.89. The van der Waals surface area contributed by atoms with E-state index in [1.807, 2.05) is 12.3 Å². The number of nitrogens with two attached hydrogens (primary N) is 1. The minimum Gasteiger partial charge on any atom is -0.478 e. The summed E-state index contributed by atoms with van der Waals surface area (Å²) in [6.45, 7) is 1.97. The van der Waals surface area contributed by atoms with Gasteiger partial charge in [-0.1, -0.05) is 6.92 Å². The smallest absolute Gasteiger partial charge is 0.338 e. The quantitative estimate of drug-likeness (QED) is 0.738. The van der Waals surface area contributed by atoms with E-state index in [2.05, 4.69) is 10.3 Å². The van der Waals surface area contributed by atoms with Crippen LogP contribution in [0.1, 0.15) is 34.8 Å². The van der Waals surface area contributed by atoms with Crippen LogP contribution in [0.3, 0.4) is 0 Å². The van der Waals surface area contributed by atoms with E-state index in [1.54, 1.807) is 6.20 Å². The van der Waals surface area contributed by atoms with Crippen LogP contribution in [-0.2, 0) is 0 Å². The second-order valence-corrected chi connectivity index (χ2v) is 5.13. The third kappa shape index (κ3) is 2.88. The fourth-order valence-electron chi connectivity index (χ4n) is 1.81. The number of benzene rings is 1. The summed E-state index contributed by atoms with van der Waals surface area (Å²) in [7, 11) is 0. The van der Waals surface area contributed by atoms with Crippen molar-refractivity contribution in [2.75, 3.05) is 11.1 Å². The van der Waals surface area contributed by atoms with Crippen LogP contribution < -0.4 is 11.1 Å². The lowest BCUT2D eigenvalue weighted by atomic mass is 10.1. The first-order valence-electron chi connectivity index (χ1n) is 6.01. The second kappa shape index (κ2) is 5.87. The summed E-state index contributed by atoms with van der Waals surface area (Å²) in [6.07, 6.45) is 2.44. The molecule has 20 heavy (non-hydrogen) atoms. The highest BCUT2D eigenvalue weighted by molar-refractivity contribution is 7.09. The lowest BCUT2D eigenvalue weighted by Crippen LogP contribution is -2.12. The minimum absolute atomic E-state index is 0.0904. The molecule has 1 heterocycles. The highest BCUT2D eigenvalue weighted by Gasteiger charge is 2.17. The molecular weight excluding hydrogens is 281 g/mol. The molecule has 7 heteroatoms. The zero-order valence-electron chi connectivity index (χ0n) is 10.8. The van der Waals surface area contributed by atoms with Gasteiger partial charge in [-0.05, 0) is 18.6 Å². The van der Waals surface area contributed by atoms with Crippen LogP contribution in [0.15, 0.2) is 23.7 Å². The molecule has 0 aliphatic carbocycles. The average molecular weight is 295 g/mol. The molecule has 0 spiro atoms. The Bertz CT molecular complexity index is 616. The Balaban J connectivity index is 2.29. The van der Waals surface area contributed by atoms with Crippen LogP contribution in [0.25, 0.3) is 0 Å². The summed E-state index contributed by atoms with van der Waals surface area (Å²) in [6, 6.07) is 2.14. The van der Waals surface area contributed by atoms with Crippen LogP contribution >= 0.6 is 11.3 Å². The summed E-state index contributed by atoms with van der Waals surface area (Å²) in [4.78, 5) is 15.0. The third-order valence-corrected chi connectivity index (χ3v) is 3.75. The van der Waals surface area contributed by atoms with Gasteiger partial charge in [-0.3, -0.25) is 0 Å². The zero-order chi connectivity index (χ0) is 14.7. The van der Waals surface area contributed by atoms with E-state index in [0.29, 0.717) is 5.69 Å². The van der Waals surface area contributed by atoms with Gasteiger partial charge in [-0.2, -0.15) is 0 Å². The van der Waals surface area contributed by atoms with Crippen LogP contribution in [0, 0.1) is 5.82 Å². The van der Waals surface area contributed by atoms with Gasteiger partial charge in [0, 0.05) is 11.6 Å². The van der Waals surface area contributed by atoms with Crippen LogP contribution in [0.5, 0.6) is 0 Å². The maximum atomic E-state index is 13.7. The monoisotopic (exact) mass is 295 g/mol. The highest BCUT2D eigenvalue weighted by atomic mass is 32.1. The Labute approximate surface area is 119 Å². The average Bonchev–Trinajstić information content (AvgIpc) is 2.92. The number of aromatic carboxylic acids is 1. The van der Waals surface area contributed by atoms with Gasteiger partial charge in [0.25, 0.3) is 0 Å². The van der Waals surface area contributed by atoms with Crippen LogP contribution in [-0.4, -0.2) is 16.1 Å². The molecule has 1 aromatic carbocycles. The van der Waals surface area contributed by atoms with Crippen molar-refractivity contribution in [2.24, 2.45) is 0 Å². The molecule has 2 rings (SSSR count). The molecule has 2 aromatic rings. The number of nitrogen functional groups attached to an aromatic ring is 1. The molecule has 1 unspecified atom stereocenters. The molecule has 0 aliphatic rings. The maximum Gasteiger partial charge on any atom is 0.338 e. The first kappa shape index (κ1) is 14.3. The number of rotatable bonds is 5. The molecule has 1 aromatic heterocycles. The topological polar surface area (TPSA) is 88.2 Å². The Morgan fingerprint density at radius 3 is 2.90 bits per heavy atom. The van der Waals surface area contributed by atoms with E-state index in [1.165, 1.54) is 11.3 Å². The second-order valence-electron chi connectivity index (χ2n) is 4.20. The van der Waals surface area contributed by atoms with Gasteiger partial charge < -0.3 is 16.2 Å². The number of thiazole rings is 1. The molecule has 0 radical (unpaired) electrons. The van der Waals surface area contributed by atoms with Crippen molar-refractivity contribution >= 4 is 28.7 Å². The number of hydrogen-bond acceptors (Lipinski definition) is 5. The van der Waals surface area contributed by atoms with Gasteiger partial charge in [-0.25, -0.2) is 14.2 Å². The lowest BCUT2D eigenvalue weighted by molar-refractivity contribution is 0.0692. The molecule has 4 N–H and O–H groups in total. The van der Waals surface area contributed by atoms with E-state index in [0.717, 1.165) is 23.6 Å². The highest BCUT2D eigenvalue weighted by Crippen LogP contribution is 2.29. The third-order valence-electron chi connectivity index (χ3n) is 2.86. The van der Waals surface area contributed by atoms with Crippen LogP contribution in [0.4, 0.5) is 15.8 Å². The standard InChI is InChI=1S/C13H14FN3O2S/c1-2-10(12-16-3-4-20-12)17-11-6-8(14)7(13(18)19)5-9(11)15/h3-6,10,17H,2,15H2,1H3,(H,18,19). The number of nitrogens with zero attached hydrogens (tertiary/aromatic N) is 1. The van der Waals surface area contributed by atoms with Crippen LogP contribution in [0.2, 0.25) is 0 Å². The van der Waals surface area contributed by atoms with Crippen molar-refractivity contribution in [3.8, 4) is 0 Å². The number of halogens is 1. The largest absolute Gasteiger partial charge is 0.478 e. The fourth-order valence-corrected chi connectivity index (χ4v) is 2.58. The molecule has 0 amide bonds. The molecule has 0 aliphatic heterocycles. The van der Waals surface area contributed by atoms with Crippen molar-refractivity contribution in [1.82, 2.24) is 4.98 Å². The molecular formula is C13H14FN3O2S. The molecule has 0 saturated carbocycles. The number of anilines is 2. The van der Waals surface area contributed by atoms with Gasteiger partial charge >= 0.3 is 5.97 Å². The molecule has 1 atom stereocenters. The molecule has 0 saturated heterocycles. The van der Waals surface area contributed by atoms with E-state index < -0.39 is 17.3 Å². The lowest BCUT2D eigenvalue weighted by Gasteiger charge is -2.18. The van der Waals surface area contributed by atoms with Crippen molar-refractivity contribution in [1.29, 1.82) is 0 Å². The SMILES string of the molecule is CCC(Nc1cc(F)c(C(=O)O)cc1N)c1nccs1. The number of nitrogens with one attached hydrogen (secondary N) is 1. The summed E-state index contributed by atoms with van der Waals surface area (Å²) in [5.41, 5.74) is 5.90. The van der Waals surface area contributed by atoms with Crippen molar-refractivity contribution in [2.45, 2.75) is 19.4 Å².